The van der Waals surface area contributed by atoms with Crippen molar-refractivity contribution in [1.82, 2.24) is 9.88 Å². The first-order valence-corrected chi connectivity index (χ1v) is 8.13. The van der Waals surface area contributed by atoms with Crippen molar-refractivity contribution in [2.45, 2.75) is 51.1 Å². The van der Waals surface area contributed by atoms with Crippen LogP contribution in [0.15, 0.2) is 18.5 Å². The molecule has 0 spiro atoms. The molecule has 1 saturated heterocycles. The standard InChI is InChI=1S/C17H26N2O2/c1-12(2)19-5-3-15(19)11-21-16-7-14(9-18-10-16)17-8-13(17)4-6-20/h7,9-10,12-13,15,17,20H,3-6,8,11H2,1-2H3. The Kier molecular flexibility index (Phi) is 4.45. The highest BCUT2D eigenvalue weighted by atomic mass is 16.5. The van der Waals surface area contributed by atoms with E-state index in [1.54, 1.807) is 0 Å². The largest absolute Gasteiger partial charge is 0.490 e. The molecule has 2 heterocycles. The lowest BCUT2D eigenvalue weighted by atomic mass is 10.0. The van der Waals surface area contributed by atoms with Gasteiger partial charge in [-0.05, 0) is 56.6 Å². The number of hydrogen-bond acceptors (Lipinski definition) is 4. The van der Waals surface area contributed by atoms with Gasteiger partial charge in [0.15, 0.2) is 0 Å². The van der Waals surface area contributed by atoms with Crippen LogP contribution in [-0.4, -0.2) is 46.8 Å². The highest BCUT2D eigenvalue weighted by Gasteiger charge is 2.38. The lowest BCUT2D eigenvalue weighted by Gasteiger charge is -2.43. The zero-order valence-corrected chi connectivity index (χ0v) is 13.0. The zero-order chi connectivity index (χ0) is 14.8. The second-order valence-corrected chi connectivity index (χ2v) is 6.65. The predicted octanol–water partition coefficient (Wildman–Crippen LogP) is 2.43. The van der Waals surface area contributed by atoms with Crippen molar-refractivity contribution >= 4 is 0 Å². The van der Waals surface area contributed by atoms with E-state index in [-0.39, 0.29) is 6.61 Å². The van der Waals surface area contributed by atoms with Crippen LogP contribution in [0.4, 0.5) is 0 Å². The number of ether oxygens (including phenoxy) is 1. The van der Waals surface area contributed by atoms with Crippen LogP contribution in [0.25, 0.3) is 0 Å². The van der Waals surface area contributed by atoms with E-state index in [9.17, 15) is 0 Å². The molecule has 3 atom stereocenters. The summed E-state index contributed by atoms with van der Waals surface area (Å²) in [7, 11) is 0. The molecule has 116 valence electrons. The van der Waals surface area contributed by atoms with Crippen molar-refractivity contribution in [2.24, 2.45) is 5.92 Å². The summed E-state index contributed by atoms with van der Waals surface area (Å²) >= 11 is 0. The molecule has 4 heteroatoms. The molecule has 0 radical (unpaired) electrons. The van der Waals surface area contributed by atoms with Gasteiger partial charge in [-0.25, -0.2) is 0 Å². The van der Waals surface area contributed by atoms with Crippen molar-refractivity contribution in [1.29, 1.82) is 0 Å². The summed E-state index contributed by atoms with van der Waals surface area (Å²) in [5.41, 5.74) is 1.26. The topological polar surface area (TPSA) is 45.6 Å². The van der Waals surface area contributed by atoms with Crippen molar-refractivity contribution < 1.29 is 9.84 Å². The average Bonchev–Trinajstić information content (AvgIpc) is 3.17. The average molecular weight is 290 g/mol. The van der Waals surface area contributed by atoms with Gasteiger partial charge in [0.25, 0.3) is 0 Å². The van der Waals surface area contributed by atoms with E-state index in [2.05, 4.69) is 29.8 Å². The molecule has 2 fully saturated rings. The molecular formula is C17H26N2O2. The fourth-order valence-electron chi connectivity index (χ4n) is 3.37. The molecule has 0 bridgehead atoms. The van der Waals surface area contributed by atoms with Crippen LogP contribution in [0, 0.1) is 5.92 Å². The molecule has 1 saturated carbocycles. The zero-order valence-electron chi connectivity index (χ0n) is 13.0. The Hall–Kier alpha value is -1.13. The van der Waals surface area contributed by atoms with Gasteiger partial charge in [-0.3, -0.25) is 9.88 Å². The summed E-state index contributed by atoms with van der Waals surface area (Å²) in [6.45, 7) is 6.71. The Morgan fingerprint density at radius 2 is 2.29 bits per heavy atom. The molecule has 1 aliphatic carbocycles. The maximum absolute atomic E-state index is 9.00. The second-order valence-electron chi connectivity index (χ2n) is 6.65. The Labute approximate surface area is 127 Å². The van der Waals surface area contributed by atoms with Crippen molar-refractivity contribution in [3.05, 3.63) is 24.0 Å². The van der Waals surface area contributed by atoms with Gasteiger partial charge in [0.1, 0.15) is 12.4 Å². The molecule has 1 aliphatic heterocycles. The highest BCUT2D eigenvalue weighted by Crippen LogP contribution is 2.49. The summed E-state index contributed by atoms with van der Waals surface area (Å²) in [6.07, 6.45) is 7.06. The number of likely N-dealkylation sites (tertiary alicyclic amines) is 1. The van der Waals surface area contributed by atoms with Crippen LogP contribution < -0.4 is 4.74 Å². The second kappa shape index (κ2) is 6.32. The quantitative estimate of drug-likeness (QED) is 0.838. The SMILES string of the molecule is CC(C)N1CCC1COc1cncc(C2CC2CCO)c1. The number of hydrogen-bond donors (Lipinski definition) is 1. The summed E-state index contributed by atoms with van der Waals surface area (Å²) in [4.78, 5) is 6.80. The van der Waals surface area contributed by atoms with Crippen molar-refractivity contribution in [2.75, 3.05) is 19.8 Å². The minimum atomic E-state index is 0.289. The predicted molar refractivity (Wildman–Crippen MR) is 82.5 cm³/mol. The lowest BCUT2D eigenvalue weighted by Crippen LogP contribution is -2.54. The monoisotopic (exact) mass is 290 g/mol. The van der Waals surface area contributed by atoms with Crippen molar-refractivity contribution in [3.8, 4) is 5.75 Å². The van der Waals surface area contributed by atoms with Gasteiger partial charge in [-0.1, -0.05) is 0 Å². The van der Waals surface area contributed by atoms with E-state index in [4.69, 9.17) is 9.84 Å². The van der Waals surface area contributed by atoms with Crippen molar-refractivity contribution in [3.63, 3.8) is 0 Å². The lowest BCUT2D eigenvalue weighted by molar-refractivity contribution is 0.0240. The van der Waals surface area contributed by atoms with Gasteiger partial charge >= 0.3 is 0 Å². The Morgan fingerprint density at radius 3 is 2.95 bits per heavy atom. The van der Waals surface area contributed by atoms with Gasteiger partial charge < -0.3 is 9.84 Å². The smallest absolute Gasteiger partial charge is 0.137 e. The number of pyridine rings is 1. The fraction of sp³-hybridized carbons (Fsp3) is 0.706. The minimum absolute atomic E-state index is 0.289. The summed E-state index contributed by atoms with van der Waals surface area (Å²) in [5, 5.41) is 9.00. The van der Waals surface area contributed by atoms with E-state index < -0.39 is 0 Å². The van der Waals surface area contributed by atoms with Crippen LogP contribution in [0.3, 0.4) is 0 Å². The van der Waals surface area contributed by atoms with Crippen LogP contribution >= 0.6 is 0 Å². The number of nitrogens with zero attached hydrogens (tertiary/aromatic N) is 2. The third kappa shape index (κ3) is 3.38. The van der Waals surface area contributed by atoms with E-state index in [1.807, 2.05) is 12.4 Å². The minimum Gasteiger partial charge on any atom is -0.490 e. The molecule has 3 unspecified atom stereocenters. The fourth-order valence-corrected chi connectivity index (χ4v) is 3.37. The molecule has 1 N–H and O–H groups in total. The van der Waals surface area contributed by atoms with E-state index in [1.165, 1.54) is 24.9 Å². The number of aromatic nitrogens is 1. The summed E-state index contributed by atoms with van der Waals surface area (Å²) in [6, 6.07) is 3.28. The molecule has 1 aromatic rings. The van der Waals surface area contributed by atoms with Gasteiger partial charge in [-0.2, -0.15) is 0 Å². The van der Waals surface area contributed by atoms with Gasteiger partial charge in [-0.15, -0.1) is 0 Å². The van der Waals surface area contributed by atoms with Crippen LogP contribution in [0.5, 0.6) is 5.75 Å². The third-order valence-corrected chi connectivity index (χ3v) is 4.88. The Morgan fingerprint density at radius 1 is 1.43 bits per heavy atom. The maximum Gasteiger partial charge on any atom is 0.137 e. The number of rotatable bonds is 7. The molecule has 0 aromatic carbocycles. The summed E-state index contributed by atoms with van der Waals surface area (Å²) in [5.74, 6) is 2.09. The van der Waals surface area contributed by atoms with Gasteiger partial charge in [0, 0.05) is 31.4 Å². The third-order valence-electron chi connectivity index (χ3n) is 4.88. The first kappa shape index (κ1) is 14.8. The molecular weight excluding hydrogens is 264 g/mol. The Bertz CT molecular complexity index is 478. The normalized spacial score (nSPS) is 28.5. The first-order valence-electron chi connectivity index (χ1n) is 8.13. The molecule has 0 amide bonds. The Balaban J connectivity index is 1.52. The first-order chi connectivity index (χ1) is 10.2. The van der Waals surface area contributed by atoms with Gasteiger partial charge in [0.2, 0.25) is 0 Å². The van der Waals surface area contributed by atoms with Crippen LogP contribution in [0.1, 0.15) is 44.6 Å². The molecule has 3 rings (SSSR count). The number of aliphatic hydroxyl groups excluding tert-OH is 1. The summed E-state index contributed by atoms with van der Waals surface area (Å²) < 4.78 is 5.95. The maximum atomic E-state index is 9.00. The van der Waals surface area contributed by atoms with Gasteiger partial charge in [0.05, 0.1) is 6.20 Å². The highest BCUT2D eigenvalue weighted by molar-refractivity contribution is 5.30. The van der Waals surface area contributed by atoms with E-state index in [0.717, 1.165) is 18.8 Å². The van der Waals surface area contributed by atoms with Crippen LogP contribution in [0.2, 0.25) is 0 Å². The van der Waals surface area contributed by atoms with Crippen LogP contribution in [-0.2, 0) is 0 Å². The molecule has 21 heavy (non-hydrogen) atoms. The molecule has 1 aromatic heterocycles. The molecule has 2 aliphatic rings. The van der Waals surface area contributed by atoms with E-state index >= 15 is 0 Å². The van der Waals surface area contributed by atoms with E-state index in [0.29, 0.717) is 23.9 Å². The number of aliphatic hydroxyl groups is 1. The molecule has 4 nitrogen and oxygen atoms in total.